The van der Waals surface area contributed by atoms with Gasteiger partial charge < -0.3 is 34.8 Å². The Morgan fingerprint density at radius 3 is 2.57 bits per heavy atom. The van der Waals surface area contributed by atoms with Crippen LogP contribution in [-0.4, -0.2) is 58.9 Å². The van der Waals surface area contributed by atoms with Crippen molar-refractivity contribution in [2.45, 2.75) is 24.9 Å². The molecule has 3 atom stereocenters. The third kappa shape index (κ3) is 5.65. The molecule has 0 fully saturated rings. The number of nitro groups is 1. The predicted molar refractivity (Wildman–Crippen MR) is 104 cm³/mol. The summed E-state index contributed by atoms with van der Waals surface area (Å²) in [4.78, 5) is 10.2. The van der Waals surface area contributed by atoms with Gasteiger partial charge in [-0.05, 0) is 35.4 Å². The second kappa shape index (κ2) is 10.3. The van der Waals surface area contributed by atoms with E-state index in [-0.39, 0.29) is 32.2 Å². The fraction of sp³-hybridized carbons (Fsp3) is 0.400. The van der Waals surface area contributed by atoms with Crippen LogP contribution in [0.3, 0.4) is 0 Å². The highest BCUT2D eigenvalue weighted by Gasteiger charge is 2.25. The van der Waals surface area contributed by atoms with Crippen LogP contribution in [0, 0.1) is 10.1 Å². The monoisotopic (exact) mass is 421 g/mol. The van der Waals surface area contributed by atoms with E-state index in [0.717, 1.165) is 5.56 Å². The van der Waals surface area contributed by atoms with Crippen LogP contribution in [-0.2, 0) is 11.3 Å². The van der Waals surface area contributed by atoms with E-state index >= 15 is 0 Å². The van der Waals surface area contributed by atoms with E-state index in [2.05, 4.69) is 0 Å². The number of benzene rings is 2. The zero-order valence-corrected chi connectivity index (χ0v) is 16.2. The summed E-state index contributed by atoms with van der Waals surface area (Å²) in [5, 5.41) is 42.5. The Kier molecular flexibility index (Phi) is 7.55. The normalized spacial score (nSPS) is 15.6. The summed E-state index contributed by atoms with van der Waals surface area (Å²) in [6, 6.07) is 10.3. The molecule has 10 heteroatoms. The highest BCUT2D eigenvalue weighted by atomic mass is 16.7. The number of fused-ring (bicyclic) bond motifs is 1. The van der Waals surface area contributed by atoms with Crippen LogP contribution in [0.15, 0.2) is 42.5 Å². The van der Waals surface area contributed by atoms with Crippen LogP contribution >= 0.6 is 0 Å². The molecule has 1 aliphatic heterocycles. The average Bonchev–Trinajstić information content (AvgIpc) is 3.22. The number of non-ortho nitro benzene ring substituents is 1. The molecule has 1 heterocycles. The van der Waals surface area contributed by atoms with Gasteiger partial charge in [-0.1, -0.05) is 6.07 Å². The van der Waals surface area contributed by atoms with Gasteiger partial charge in [-0.3, -0.25) is 10.1 Å². The van der Waals surface area contributed by atoms with E-state index in [9.17, 15) is 25.4 Å². The van der Waals surface area contributed by atoms with Crippen LogP contribution in [0.4, 0.5) is 5.69 Å². The number of nitrogens with two attached hydrogens (primary N) is 1. The van der Waals surface area contributed by atoms with Gasteiger partial charge in [0.15, 0.2) is 11.5 Å². The maximum atomic E-state index is 10.7. The number of hydrogen-bond donors (Lipinski definition) is 4. The van der Waals surface area contributed by atoms with Gasteiger partial charge in [0, 0.05) is 12.1 Å². The lowest BCUT2D eigenvalue weighted by atomic mass is 10.0. The molecule has 5 N–H and O–H groups in total. The molecule has 0 radical (unpaired) electrons. The first kappa shape index (κ1) is 21.9. The van der Waals surface area contributed by atoms with E-state index in [1.165, 1.54) is 24.3 Å². The van der Waals surface area contributed by atoms with Gasteiger partial charge in [-0.25, -0.2) is 0 Å². The lowest BCUT2D eigenvalue weighted by molar-refractivity contribution is -0.704. The maximum absolute atomic E-state index is 10.7. The minimum Gasteiger partial charge on any atom is -0.454 e. The maximum Gasteiger partial charge on any atom is 0.269 e. The summed E-state index contributed by atoms with van der Waals surface area (Å²) in [5.41, 5.74) is 1.26. The number of ether oxygens (including phenoxy) is 3. The van der Waals surface area contributed by atoms with Gasteiger partial charge in [0.05, 0.1) is 24.7 Å². The molecule has 162 valence electrons. The molecule has 0 spiro atoms. The van der Waals surface area contributed by atoms with Crippen molar-refractivity contribution in [1.82, 2.24) is 0 Å². The van der Waals surface area contributed by atoms with Crippen LogP contribution in [0.2, 0.25) is 0 Å². The summed E-state index contributed by atoms with van der Waals surface area (Å²) in [6.07, 6.45) is -1.85. The van der Waals surface area contributed by atoms with E-state index in [4.69, 9.17) is 14.2 Å². The quantitative estimate of drug-likeness (QED) is 0.289. The lowest BCUT2D eigenvalue weighted by Gasteiger charge is -2.21. The minimum atomic E-state index is -1.04. The molecule has 0 amide bonds. The Hall–Kier alpha value is -2.76. The Morgan fingerprint density at radius 1 is 1.13 bits per heavy atom. The fourth-order valence-electron chi connectivity index (χ4n) is 3.09. The smallest absolute Gasteiger partial charge is 0.269 e. The van der Waals surface area contributed by atoms with Gasteiger partial charge in [0.1, 0.15) is 24.8 Å². The number of nitrogens with zero attached hydrogens (tertiary/aromatic N) is 1. The van der Waals surface area contributed by atoms with Crippen molar-refractivity contribution >= 4 is 5.69 Å². The number of aliphatic hydroxyl groups excluding tert-OH is 3. The Bertz CT molecular complexity index is 845. The van der Waals surface area contributed by atoms with E-state index in [1.807, 2.05) is 12.1 Å². The molecule has 0 unspecified atom stereocenters. The van der Waals surface area contributed by atoms with Crippen molar-refractivity contribution in [3.8, 4) is 11.5 Å². The summed E-state index contributed by atoms with van der Waals surface area (Å²) >= 11 is 0. The predicted octanol–water partition coefficient (Wildman–Crippen LogP) is -0.141. The molecule has 3 rings (SSSR count). The van der Waals surface area contributed by atoms with Crippen LogP contribution in [0.1, 0.15) is 17.2 Å². The fourth-order valence-corrected chi connectivity index (χ4v) is 3.09. The standard InChI is InChI=1S/C20H24N2O8/c23-9-17(20(25)14-2-4-15(5-3-14)22(26)27)21-8-16(24)11-28-10-13-1-6-18-19(7-13)30-12-29-18/h1-7,16-17,20-21,23-25H,8-12H2/p+1/t16-,17-,20+/m0/s1. The largest absolute Gasteiger partial charge is 0.454 e. The lowest BCUT2D eigenvalue weighted by Crippen LogP contribution is -2.94. The van der Waals surface area contributed by atoms with Crippen LogP contribution in [0.25, 0.3) is 0 Å². The molecule has 10 nitrogen and oxygen atoms in total. The van der Waals surface area contributed by atoms with Gasteiger partial charge in [-0.15, -0.1) is 0 Å². The van der Waals surface area contributed by atoms with Crippen LogP contribution < -0.4 is 14.8 Å². The molecule has 0 bridgehead atoms. The molecule has 0 saturated heterocycles. The van der Waals surface area contributed by atoms with Crippen molar-refractivity contribution in [3.63, 3.8) is 0 Å². The Labute approximate surface area is 172 Å². The summed E-state index contributed by atoms with van der Waals surface area (Å²) in [7, 11) is 0. The van der Waals surface area contributed by atoms with Crippen molar-refractivity contribution < 1.29 is 39.8 Å². The average molecular weight is 421 g/mol. The van der Waals surface area contributed by atoms with E-state index in [0.29, 0.717) is 23.7 Å². The first-order chi connectivity index (χ1) is 14.5. The SMILES string of the molecule is O=[N+]([O-])c1ccc([C@@H](O)[C@H](CO)[NH2+]C[C@H](O)COCc2ccc3c(c2)OCO3)cc1. The molecule has 2 aromatic carbocycles. The van der Waals surface area contributed by atoms with Gasteiger partial charge in [0.25, 0.3) is 5.69 Å². The Morgan fingerprint density at radius 2 is 1.87 bits per heavy atom. The summed E-state index contributed by atoms with van der Waals surface area (Å²) in [6.45, 7) is 0.449. The number of aliphatic hydroxyl groups is 3. The first-order valence-corrected chi connectivity index (χ1v) is 9.49. The van der Waals surface area contributed by atoms with Crippen molar-refractivity contribution in [1.29, 1.82) is 0 Å². The zero-order valence-electron chi connectivity index (χ0n) is 16.2. The number of quaternary nitrogens is 1. The van der Waals surface area contributed by atoms with E-state index in [1.54, 1.807) is 11.4 Å². The molecule has 0 aromatic heterocycles. The minimum absolute atomic E-state index is 0.0782. The third-order valence-electron chi connectivity index (χ3n) is 4.79. The highest BCUT2D eigenvalue weighted by molar-refractivity contribution is 5.44. The van der Waals surface area contributed by atoms with Crippen molar-refractivity contribution in [2.24, 2.45) is 0 Å². The van der Waals surface area contributed by atoms with Crippen molar-refractivity contribution in [3.05, 3.63) is 63.7 Å². The highest BCUT2D eigenvalue weighted by Crippen LogP contribution is 2.32. The molecule has 0 aliphatic carbocycles. The number of rotatable bonds is 11. The summed E-state index contributed by atoms with van der Waals surface area (Å²) in [5.74, 6) is 1.35. The van der Waals surface area contributed by atoms with Crippen molar-refractivity contribution in [2.75, 3.05) is 26.6 Å². The van der Waals surface area contributed by atoms with E-state index < -0.39 is 23.2 Å². The molecule has 1 aliphatic rings. The summed E-state index contributed by atoms with van der Waals surface area (Å²) < 4.78 is 16.1. The number of nitro benzene ring substituents is 1. The number of hydrogen-bond acceptors (Lipinski definition) is 8. The molecule has 30 heavy (non-hydrogen) atoms. The van der Waals surface area contributed by atoms with Gasteiger partial charge in [-0.2, -0.15) is 0 Å². The van der Waals surface area contributed by atoms with Gasteiger partial charge in [0.2, 0.25) is 6.79 Å². The molecular formula is C20H25N2O8+. The van der Waals surface area contributed by atoms with Gasteiger partial charge >= 0.3 is 0 Å². The second-order valence-electron chi connectivity index (χ2n) is 6.97. The molecular weight excluding hydrogens is 396 g/mol. The Balaban J connectivity index is 1.43. The van der Waals surface area contributed by atoms with Crippen LogP contribution in [0.5, 0.6) is 11.5 Å². The topological polar surface area (TPSA) is 148 Å². The molecule has 2 aromatic rings. The molecule has 0 saturated carbocycles. The third-order valence-corrected chi connectivity index (χ3v) is 4.79. The first-order valence-electron chi connectivity index (χ1n) is 9.49. The zero-order chi connectivity index (χ0) is 21.5. The second-order valence-corrected chi connectivity index (χ2v) is 6.97.